The predicted molar refractivity (Wildman–Crippen MR) is 99.6 cm³/mol. The van der Waals surface area contributed by atoms with Gasteiger partial charge in [-0.15, -0.1) is 0 Å². The zero-order chi connectivity index (χ0) is 17.1. The normalized spacial score (nSPS) is 36.8. The molecule has 2 aliphatic rings. The Bertz CT molecular complexity index is 459. The van der Waals surface area contributed by atoms with Crippen molar-refractivity contribution < 1.29 is 9.22 Å². The highest BCUT2D eigenvalue weighted by Crippen LogP contribution is 2.62. The summed E-state index contributed by atoms with van der Waals surface area (Å²) in [4.78, 5) is 12.6. The van der Waals surface area contributed by atoms with Crippen LogP contribution in [0.4, 0.5) is 0 Å². The van der Waals surface area contributed by atoms with Gasteiger partial charge in [0.2, 0.25) is 0 Å². The van der Waals surface area contributed by atoms with E-state index in [0.29, 0.717) is 23.3 Å². The molecule has 2 saturated carbocycles. The van der Waals surface area contributed by atoms with Crippen LogP contribution in [0, 0.1) is 11.3 Å². The zero-order valence-electron chi connectivity index (χ0n) is 16.2. The fourth-order valence-electron chi connectivity index (χ4n) is 4.88. The SMILES string of the molecule is CC(C)(C)[Si](C)(C)O[C@@H]1C[C@@H]2CC(=O)[C@@H]([Si](C)(C)C)[C@]2(C)C1. The molecule has 0 aromatic rings. The van der Waals surface area contributed by atoms with Gasteiger partial charge in [-0.3, -0.25) is 4.79 Å². The fraction of sp³-hybridized carbons (Fsp3) is 0.944. The first-order valence-electron chi connectivity index (χ1n) is 8.89. The first kappa shape index (κ1) is 18.4. The summed E-state index contributed by atoms with van der Waals surface area (Å²) in [6.45, 7) is 21.1. The number of carbonyl (C=O) groups excluding carboxylic acids is 1. The molecule has 0 heterocycles. The molecule has 2 aliphatic carbocycles. The second kappa shape index (κ2) is 5.28. The van der Waals surface area contributed by atoms with Gasteiger partial charge in [0, 0.05) is 18.1 Å². The van der Waals surface area contributed by atoms with Crippen molar-refractivity contribution >= 4 is 22.2 Å². The highest BCUT2D eigenvalue weighted by atomic mass is 28.4. The van der Waals surface area contributed by atoms with Crippen LogP contribution in [0.15, 0.2) is 0 Å². The molecule has 0 bridgehead atoms. The summed E-state index contributed by atoms with van der Waals surface area (Å²) < 4.78 is 6.70. The minimum atomic E-state index is -1.71. The van der Waals surface area contributed by atoms with Crippen molar-refractivity contribution in [2.24, 2.45) is 11.3 Å². The van der Waals surface area contributed by atoms with Gasteiger partial charge in [-0.25, -0.2) is 0 Å². The molecule has 22 heavy (non-hydrogen) atoms. The molecule has 2 nitrogen and oxygen atoms in total. The largest absolute Gasteiger partial charge is 0.414 e. The van der Waals surface area contributed by atoms with Gasteiger partial charge in [0.05, 0.1) is 8.07 Å². The summed E-state index contributed by atoms with van der Waals surface area (Å²) >= 11 is 0. The number of fused-ring (bicyclic) bond motifs is 1. The number of rotatable bonds is 3. The van der Waals surface area contributed by atoms with Crippen LogP contribution in [-0.4, -0.2) is 28.3 Å². The van der Waals surface area contributed by atoms with E-state index in [-0.39, 0.29) is 10.5 Å². The van der Waals surface area contributed by atoms with Gasteiger partial charge in [0.15, 0.2) is 8.32 Å². The number of Topliss-reactive ketones (excluding diaryl/α,β-unsaturated/α-hetero) is 1. The molecule has 128 valence electrons. The summed E-state index contributed by atoms with van der Waals surface area (Å²) in [5, 5.41) is 0.263. The lowest BCUT2D eigenvalue weighted by atomic mass is 9.82. The third-order valence-electron chi connectivity index (χ3n) is 6.71. The molecule has 2 rings (SSSR count). The number of ketones is 1. The van der Waals surface area contributed by atoms with Gasteiger partial charge < -0.3 is 4.43 Å². The summed E-state index contributed by atoms with van der Waals surface area (Å²) in [5.41, 5.74) is 0.534. The van der Waals surface area contributed by atoms with Crippen molar-refractivity contribution in [3.63, 3.8) is 0 Å². The van der Waals surface area contributed by atoms with Crippen molar-refractivity contribution in [3.8, 4) is 0 Å². The van der Waals surface area contributed by atoms with Crippen molar-refractivity contribution in [2.45, 2.75) is 96.4 Å². The van der Waals surface area contributed by atoms with Gasteiger partial charge in [0.1, 0.15) is 5.78 Å². The van der Waals surface area contributed by atoms with Crippen LogP contribution in [0.5, 0.6) is 0 Å². The highest BCUT2D eigenvalue weighted by molar-refractivity contribution is 6.81. The maximum absolute atomic E-state index is 12.6. The van der Waals surface area contributed by atoms with Gasteiger partial charge in [-0.05, 0) is 42.3 Å². The monoisotopic (exact) mass is 340 g/mol. The van der Waals surface area contributed by atoms with Gasteiger partial charge in [0.25, 0.3) is 0 Å². The van der Waals surface area contributed by atoms with Crippen LogP contribution in [-0.2, 0) is 9.22 Å². The molecule has 0 N–H and O–H groups in total. The first-order valence-corrected chi connectivity index (χ1v) is 15.4. The van der Waals surface area contributed by atoms with Crippen molar-refractivity contribution in [1.82, 2.24) is 0 Å². The Morgan fingerprint density at radius 2 is 1.68 bits per heavy atom. The molecule has 0 radical (unpaired) electrons. The minimum absolute atomic E-state index is 0.203. The maximum Gasteiger partial charge on any atom is 0.192 e. The highest BCUT2D eigenvalue weighted by Gasteiger charge is 2.60. The van der Waals surface area contributed by atoms with E-state index in [2.05, 4.69) is 60.4 Å². The molecule has 4 atom stereocenters. The quantitative estimate of drug-likeness (QED) is 0.636. The molecular weight excluding hydrogens is 304 g/mol. The average molecular weight is 341 g/mol. The fourth-order valence-corrected chi connectivity index (χ4v) is 9.66. The van der Waals surface area contributed by atoms with Crippen molar-refractivity contribution in [1.29, 1.82) is 0 Å². The van der Waals surface area contributed by atoms with E-state index in [4.69, 9.17) is 4.43 Å². The van der Waals surface area contributed by atoms with Crippen LogP contribution >= 0.6 is 0 Å². The molecule has 0 aromatic heterocycles. The molecule has 0 aromatic carbocycles. The van der Waals surface area contributed by atoms with Gasteiger partial charge in [-0.2, -0.15) is 0 Å². The molecule has 0 spiro atoms. The standard InChI is InChI=1S/C18H36O2Si2/c1-17(2,3)22(8,9)20-14-10-13-11-15(19)16(21(5,6)7)18(13,4)12-14/h13-14,16H,10-12H2,1-9H3/t13-,14-,16-,18-/m1/s1. The van der Waals surface area contributed by atoms with Crippen LogP contribution < -0.4 is 0 Å². The summed E-state index contributed by atoms with van der Waals surface area (Å²) in [5.74, 6) is 1.11. The predicted octanol–water partition coefficient (Wildman–Crippen LogP) is 5.47. The van der Waals surface area contributed by atoms with Crippen LogP contribution in [0.3, 0.4) is 0 Å². The van der Waals surface area contributed by atoms with Crippen LogP contribution in [0.25, 0.3) is 0 Å². The Balaban J connectivity index is 2.18. The van der Waals surface area contributed by atoms with E-state index in [1.807, 2.05) is 0 Å². The van der Waals surface area contributed by atoms with Gasteiger partial charge >= 0.3 is 0 Å². The third kappa shape index (κ3) is 3.03. The third-order valence-corrected chi connectivity index (χ3v) is 14.0. The number of hydrogen-bond donors (Lipinski definition) is 0. The van der Waals surface area contributed by atoms with Crippen molar-refractivity contribution in [3.05, 3.63) is 0 Å². The molecule has 2 fully saturated rings. The summed E-state index contributed by atoms with van der Waals surface area (Å²) in [6, 6.07) is 0. The smallest absolute Gasteiger partial charge is 0.192 e. The Labute approximate surface area is 139 Å². The Morgan fingerprint density at radius 1 is 1.14 bits per heavy atom. The lowest BCUT2D eigenvalue weighted by molar-refractivity contribution is -0.118. The van der Waals surface area contributed by atoms with E-state index < -0.39 is 16.4 Å². The van der Waals surface area contributed by atoms with E-state index in [1.165, 1.54) is 0 Å². The lowest BCUT2D eigenvalue weighted by Gasteiger charge is -2.40. The van der Waals surface area contributed by atoms with Crippen LogP contribution in [0.2, 0.25) is 43.3 Å². The topological polar surface area (TPSA) is 26.3 Å². The maximum atomic E-state index is 12.6. The summed E-state index contributed by atoms with van der Waals surface area (Å²) in [7, 11) is -3.17. The number of hydrogen-bond acceptors (Lipinski definition) is 2. The van der Waals surface area contributed by atoms with E-state index in [0.717, 1.165) is 19.3 Å². The van der Waals surface area contributed by atoms with E-state index in [9.17, 15) is 4.79 Å². The Hall–Kier alpha value is 0.0638. The second-order valence-corrected chi connectivity index (χ2v) is 20.7. The molecular formula is C18H36O2Si2. The molecule has 0 saturated heterocycles. The first-order chi connectivity index (χ1) is 9.68. The molecule has 0 amide bonds. The summed E-state index contributed by atoms with van der Waals surface area (Å²) in [6.07, 6.45) is 3.39. The van der Waals surface area contributed by atoms with Gasteiger partial charge in [-0.1, -0.05) is 47.3 Å². The molecule has 0 unspecified atom stereocenters. The zero-order valence-corrected chi connectivity index (χ0v) is 18.2. The lowest BCUT2D eigenvalue weighted by Crippen LogP contribution is -2.44. The average Bonchev–Trinajstić information content (AvgIpc) is 2.61. The van der Waals surface area contributed by atoms with Crippen molar-refractivity contribution in [2.75, 3.05) is 0 Å². The minimum Gasteiger partial charge on any atom is -0.414 e. The second-order valence-electron chi connectivity index (χ2n) is 10.6. The van der Waals surface area contributed by atoms with E-state index >= 15 is 0 Å². The van der Waals surface area contributed by atoms with Crippen LogP contribution in [0.1, 0.15) is 47.0 Å². The number of carbonyl (C=O) groups is 1. The molecule has 4 heteroatoms. The van der Waals surface area contributed by atoms with E-state index in [1.54, 1.807) is 0 Å². The molecule has 0 aliphatic heterocycles. The Kier molecular flexibility index (Phi) is 4.42. The Morgan fingerprint density at radius 3 is 2.14 bits per heavy atom.